The summed E-state index contributed by atoms with van der Waals surface area (Å²) in [7, 11) is 2.06. The number of fused-ring (bicyclic) bond motifs is 1. The van der Waals surface area contributed by atoms with Crippen LogP contribution in [0.5, 0.6) is 11.6 Å². The molecular weight excluding hydrogens is 454 g/mol. The minimum absolute atomic E-state index is 0.137. The molecular formula is C25H26F2N6O2. The third kappa shape index (κ3) is 5.17. The van der Waals surface area contributed by atoms with Gasteiger partial charge in [-0.2, -0.15) is 4.98 Å². The van der Waals surface area contributed by atoms with E-state index in [2.05, 4.69) is 27.1 Å². The molecule has 1 saturated heterocycles. The Bertz CT molecular complexity index is 1220. The number of urea groups is 1. The Kier molecular flexibility index (Phi) is 6.45. The summed E-state index contributed by atoms with van der Waals surface area (Å²) >= 11 is 0. The van der Waals surface area contributed by atoms with E-state index >= 15 is 0 Å². The minimum atomic E-state index is -0.826. The molecule has 1 fully saturated rings. The van der Waals surface area contributed by atoms with Crippen molar-refractivity contribution in [2.45, 2.75) is 13.0 Å². The van der Waals surface area contributed by atoms with E-state index in [-0.39, 0.29) is 24.2 Å². The molecule has 3 aromatic rings. The van der Waals surface area contributed by atoms with Crippen LogP contribution in [0.3, 0.4) is 0 Å². The average Bonchev–Trinajstić information content (AvgIpc) is 2.86. The molecule has 182 valence electrons. The third-order valence-corrected chi connectivity index (χ3v) is 6.21. The fourth-order valence-corrected chi connectivity index (χ4v) is 4.16. The van der Waals surface area contributed by atoms with Crippen molar-refractivity contribution >= 4 is 17.7 Å². The standard InChI is InChI=1S/C25H26F2N6O2/c1-31-11-13-32(14-12-31)24-29-21-9-10-33(25(34)28-18-5-3-2-4-6-18)16-19(21)23(30-24)35-22-8-7-17(26)15-20(22)27/h2-8,15H,9-14,16H2,1H3,(H,28,34). The fraction of sp³-hybridized carbons (Fsp3) is 0.320. The molecule has 1 N–H and O–H groups in total. The maximum Gasteiger partial charge on any atom is 0.322 e. The number of halogens is 2. The van der Waals surface area contributed by atoms with E-state index in [1.54, 1.807) is 4.90 Å². The van der Waals surface area contributed by atoms with Gasteiger partial charge < -0.3 is 24.8 Å². The SMILES string of the molecule is CN1CCN(c2nc3c(c(Oc4ccc(F)cc4F)n2)CN(C(=O)Nc2ccccc2)CC3)CC1. The van der Waals surface area contributed by atoms with E-state index < -0.39 is 11.6 Å². The maximum atomic E-state index is 14.4. The number of carbonyl (C=O) groups excluding carboxylic acids is 1. The molecule has 0 bridgehead atoms. The number of hydrogen-bond acceptors (Lipinski definition) is 6. The number of likely N-dealkylation sites (N-methyl/N-ethyl adjacent to an activating group) is 1. The van der Waals surface area contributed by atoms with Crippen molar-refractivity contribution in [3.8, 4) is 11.6 Å². The third-order valence-electron chi connectivity index (χ3n) is 6.21. The monoisotopic (exact) mass is 480 g/mol. The number of aromatic nitrogens is 2. The number of nitrogens with zero attached hydrogens (tertiary/aromatic N) is 5. The van der Waals surface area contributed by atoms with Crippen LogP contribution in [-0.2, 0) is 13.0 Å². The highest BCUT2D eigenvalue weighted by Gasteiger charge is 2.29. The van der Waals surface area contributed by atoms with Crippen LogP contribution < -0.4 is 15.0 Å². The zero-order valence-corrected chi connectivity index (χ0v) is 19.4. The Labute approximate surface area is 202 Å². The van der Waals surface area contributed by atoms with Gasteiger partial charge in [0.25, 0.3) is 0 Å². The first-order valence-corrected chi connectivity index (χ1v) is 11.5. The summed E-state index contributed by atoms with van der Waals surface area (Å²) < 4.78 is 33.7. The summed E-state index contributed by atoms with van der Waals surface area (Å²) in [6, 6.07) is 12.1. The molecule has 3 heterocycles. The van der Waals surface area contributed by atoms with E-state index in [9.17, 15) is 13.6 Å². The van der Waals surface area contributed by atoms with E-state index in [4.69, 9.17) is 9.72 Å². The Morgan fingerprint density at radius 3 is 2.51 bits per heavy atom. The lowest BCUT2D eigenvalue weighted by atomic mass is 10.1. The van der Waals surface area contributed by atoms with E-state index in [0.717, 1.165) is 44.0 Å². The average molecular weight is 481 g/mol. The summed E-state index contributed by atoms with van der Waals surface area (Å²) in [5.74, 6) is -0.972. The van der Waals surface area contributed by atoms with Crippen molar-refractivity contribution in [1.29, 1.82) is 0 Å². The van der Waals surface area contributed by atoms with Crippen molar-refractivity contribution in [2.24, 2.45) is 0 Å². The highest BCUT2D eigenvalue weighted by atomic mass is 19.1. The van der Waals surface area contributed by atoms with Crippen LogP contribution in [0.2, 0.25) is 0 Å². The van der Waals surface area contributed by atoms with Crippen LogP contribution in [0.25, 0.3) is 0 Å². The number of benzene rings is 2. The molecule has 35 heavy (non-hydrogen) atoms. The summed E-state index contributed by atoms with van der Waals surface area (Å²) in [5, 5.41) is 2.88. The first-order chi connectivity index (χ1) is 17.0. The second-order valence-corrected chi connectivity index (χ2v) is 8.69. The van der Waals surface area contributed by atoms with Crippen molar-refractivity contribution in [2.75, 3.05) is 50.0 Å². The summed E-state index contributed by atoms with van der Waals surface area (Å²) in [4.78, 5) is 28.3. The topological polar surface area (TPSA) is 73.8 Å². The number of amides is 2. The predicted octanol–water partition coefficient (Wildman–Crippen LogP) is 3.89. The van der Waals surface area contributed by atoms with Gasteiger partial charge in [-0.15, -0.1) is 0 Å². The number of anilines is 2. The number of nitrogens with one attached hydrogen (secondary N) is 1. The molecule has 10 heteroatoms. The van der Waals surface area contributed by atoms with Crippen LogP contribution >= 0.6 is 0 Å². The highest BCUT2D eigenvalue weighted by Crippen LogP contribution is 2.33. The number of carbonyl (C=O) groups is 1. The van der Waals surface area contributed by atoms with Gasteiger partial charge in [0.15, 0.2) is 11.6 Å². The Balaban J connectivity index is 1.45. The molecule has 0 saturated carbocycles. The lowest BCUT2D eigenvalue weighted by Crippen LogP contribution is -2.45. The molecule has 0 spiro atoms. The quantitative estimate of drug-likeness (QED) is 0.611. The van der Waals surface area contributed by atoms with Crippen molar-refractivity contribution in [3.63, 3.8) is 0 Å². The minimum Gasteiger partial charge on any atom is -0.435 e. The maximum absolute atomic E-state index is 14.4. The Morgan fingerprint density at radius 2 is 1.77 bits per heavy atom. The fourth-order valence-electron chi connectivity index (χ4n) is 4.16. The van der Waals surface area contributed by atoms with Gasteiger partial charge in [0.05, 0.1) is 17.8 Å². The molecule has 0 radical (unpaired) electrons. The first kappa shape index (κ1) is 23.0. The second kappa shape index (κ2) is 9.83. The lowest BCUT2D eigenvalue weighted by Gasteiger charge is -2.34. The second-order valence-electron chi connectivity index (χ2n) is 8.69. The largest absolute Gasteiger partial charge is 0.435 e. The number of ether oxygens (including phenoxy) is 1. The highest BCUT2D eigenvalue weighted by molar-refractivity contribution is 5.89. The molecule has 0 atom stereocenters. The molecule has 0 aliphatic carbocycles. The van der Waals surface area contributed by atoms with Gasteiger partial charge in [-0.3, -0.25) is 0 Å². The van der Waals surface area contributed by atoms with Gasteiger partial charge in [0.1, 0.15) is 5.82 Å². The number of para-hydroxylation sites is 1. The number of hydrogen-bond donors (Lipinski definition) is 1. The van der Waals surface area contributed by atoms with Crippen LogP contribution in [0.15, 0.2) is 48.5 Å². The van der Waals surface area contributed by atoms with Gasteiger partial charge >= 0.3 is 6.03 Å². The predicted molar refractivity (Wildman–Crippen MR) is 128 cm³/mol. The van der Waals surface area contributed by atoms with Gasteiger partial charge in [0.2, 0.25) is 11.8 Å². The normalized spacial score (nSPS) is 16.1. The van der Waals surface area contributed by atoms with Crippen molar-refractivity contribution in [1.82, 2.24) is 19.8 Å². The van der Waals surface area contributed by atoms with Crippen LogP contribution in [-0.4, -0.2) is 65.6 Å². The summed E-state index contributed by atoms with van der Waals surface area (Å²) in [5.41, 5.74) is 2.06. The number of rotatable bonds is 4. The zero-order chi connectivity index (χ0) is 24.4. The molecule has 5 rings (SSSR count). The van der Waals surface area contributed by atoms with E-state index in [0.29, 0.717) is 30.2 Å². The van der Waals surface area contributed by atoms with Crippen LogP contribution in [0, 0.1) is 11.6 Å². The van der Waals surface area contributed by atoms with Gasteiger partial charge in [0, 0.05) is 50.9 Å². The molecule has 2 aromatic carbocycles. The zero-order valence-electron chi connectivity index (χ0n) is 19.4. The molecule has 8 nitrogen and oxygen atoms in total. The van der Waals surface area contributed by atoms with Crippen LogP contribution in [0.4, 0.5) is 25.2 Å². The van der Waals surface area contributed by atoms with Crippen molar-refractivity contribution < 1.29 is 18.3 Å². The summed E-state index contributed by atoms with van der Waals surface area (Å²) in [6.45, 7) is 3.92. The molecule has 2 aliphatic heterocycles. The Morgan fingerprint density at radius 1 is 1.00 bits per heavy atom. The van der Waals surface area contributed by atoms with Gasteiger partial charge in [-0.05, 0) is 31.3 Å². The smallest absolute Gasteiger partial charge is 0.322 e. The molecule has 1 aromatic heterocycles. The van der Waals surface area contributed by atoms with Gasteiger partial charge in [-0.1, -0.05) is 18.2 Å². The van der Waals surface area contributed by atoms with Crippen molar-refractivity contribution in [3.05, 3.63) is 71.4 Å². The lowest BCUT2D eigenvalue weighted by molar-refractivity contribution is 0.204. The molecule has 2 aliphatic rings. The molecule has 2 amide bonds. The van der Waals surface area contributed by atoms with Crippen LogP contribution in [0.1, 0.15) is 11.3 Å². The molecule has 0 unspecified atom stereocenters. The summed E-state index contributed by atoms with van der Waals surface area (Å²) in [6.07, 6.45) is 0.503. The van der Waals surface area contributed by atoms with Gasteiger partial charge in [-0.25, -0.2) is 18.6 Å². The first-order valence-electron chi connectivity index (χ1n) is 11.5. The van der Waals surface area contributed by atoms with E-state index in [1.165, 1.54) is 6.07 Å². The Hall–Kier alpha value is -3.79. The number of piperazine rings is 1. The van der Waals surface area contributed by atoms with E-state index in [1.807, 2.05) is 30.3 Å².